The number of nitrogens with one attached hydrogen (secondary N) is 1. The van der Waals surface area contributed by atoms with Crippen LogP contribution in [0.2, 0.25) is 10.0 Å². The number of hydrogen-bond acceptors (Lipinski definition) is 6. The predicted molar refractivity (Wildman–Crippen MR) is 130 cm³/mol. The Morgan fingerprint density at radius 1 is 1.18 bits per heavy atom. The van der Waals surface area contributed by atoms with Gasteiger partial charge in [-0.2, -0.15) is 0 Å². The summed E-state index contributed by atoms with van der Waals surface area (Å²) in [5.74, 6) is -1.15. The number of carbonyl (C=O) groups is 2. The molecule has 0 unspecified atom stereocenters. The smallest absolute Gasteiger partial charge is 0.271 e. The first-order valence-corrected chi connectivity index (χ1v) is 12.7. The maximum Gasteiger partial charge on any atom is 0.271 e. The standard InChI is InChI=1S/C21H24Cl2N4O6S/c1-4-24-21(29)14(2)25(12-15-8-9-16(22)10-19(15)23)20(28)13-26(34(3,32)33)17-6-5-7-18(11-17)27(30)31/h5-11,14H,4,12-13H2,1-3H3,(H,24,29)/t14-/m0/s1. The summed E-state index contributed by atoms with van der Waals surface area (Å²) in [4.78, 5) is 37.5. The molecule has 34 heavy (non-hydrogen) atoms. The van der Waals surface area contributed by atoms with E-state index in [1.807, 2.05) is 0 Å². The molecule has 0 heterocycles. The number of likely N-dealkylation sites (N-methyl/N-ethyl adjacent to an activating group) is 1. The second kappa shape index (κ2) is 11.5. The van der Waals surface area contributed by atoms with Crippen molar-refractivity contribution in [2.75, 3.05) is 23.7 Å². The van der Waals surface area contributed by atoms with E-state index in [-0.39, 0.29) is 22.9 Å². The lowest BCUT2D eigenvalue weighted by molar-refractivity contribution is -0.384. The van der Waals surface area contributed by atoms with E-state index in [1.54, 1.807) is 19.1 Å². The van der Waals surface area contributed by atoms with Crippen LogP contribution in [0.25, 0.3) is 0 Å². The normalized spacial score (nSPS) is 12.0. The van der Waals surface area contributed by atoms with E-state index in [0.717, 1.165) is 16.6 Å². The van der Waals surface area contributed by atoms with Gasteiger partial charge in [-0.15, -0.1) is 0 Å². The maximum absolute atomic E-state index is 13.4. The Hall–Kier alpha value is -2.89. The Bertz CT molecular complexity index is 1190. The molecule has 2 rings (SSSR count). The molecule has 1 N–H and O–H groups in total. The van der Waals surface area contributed by atoms with Gasteiger partial charge >= 0.3 is 0 Å². The number of anilines is 1. The van der Waals surface area contributed by atoms with E-state index < -0.39 is 39.3 Å². The monoisotopic (exact) mass is 530 g/mol. The van der Waals surface area contributed by atoms with Gasteiger partial charge in [0.2, 0.25) is 21.8 Å². The van der Waals surface area contributed by atoms with Crippen LogP contribution in [0.1, 0.15) is 19.4 Å². The minimum absolute atomic E-state index is 0.0554. The van der Waals surface area contributed by atoms with Crippen molar-refractivity contribution in [2.24, 2.45) is 0 Å². The van der Waals surface area contributed by atoms with Gasteiger partial charge in [0.1, 0.15) is 12.6 Å². The van der Waals surface area contributed by atoms with Crippen LogP contribution in [0.15, 0.2) is 42.5 Å². The van der Waals surface area contributed by atoms with Crippen molar-refractivity contribution in [3.05, 3.63) is 68.2 Å². The second-order valence-corrected chi connectivity index (χ2v) is 10.1. The number of halogens is 2. The molecule has 0 radical (unpaired) electrons. The molecule has 0 aliphatic heterocycles. The van der Waals surface area contributed by atoms with Crippen LogP contribution in [0.4, 0.5) is 11.4 Å². The number of non-ortho nitro benzene ring substituents is 1. The fraction of sp³-hybridized carbons (Fsp3) is 0.333. The number of benzene rings is 2. The van der Waals surface area contributed by atoms with Crippen LogP contribution < -0.4 is 9.62 Å². The van der Waals surface area contributed by atoms with Crippen LogP contribution in [-0.2, 0) is 26.2 Å². The average molecular weight is 531 g/mol. The van der Waals surface area contributed by atoms with Crippen molar-refractivity contribution in [3.8, 4) is 0 Å². The first-order valence-electron chi connectivity index (χ1n) is 10.1. The molecule has 2 aromatic carbocycles. The van der Waals surface area contributed by atoms with Gasteiger partial charge in [0, 0.05) is 35.3 Å². The molecule has 184 valence electrons. The number of sulfonamides is 1. The van der Waals surface area contributed by atoms with Crippen molar-refractivity contribution >= 4 is 56.4 Å². The Kier molecular flexibility index (Phi) is 9.25. The number of amides is 2. The van der Waals surface area contributed by atoms with E-state index in [2.05, 4.69) is 5.32 Å². The Labute approximate surface area is 207 Å². The molecule has 0 fully saturated rings. The third kappa shape index (κ3) is 7.05. The quantitative estimate of drug-likeness (QED) is 0.370. The van der Waals surface area contributed by atoms with Crippen LogP contribution in [-0.4, -0.2) is 55.4 Å². The SMILES string of the molecule is CCNC(=O)[C@H](C)N(Cc1ccc(Cl)cc1Cl)C(=O)CN(c1cccc([N+](=O)[O-])c1)S(C)(=O)=O. The lowest BCUT2D eigenvalue weighted by Gasteiger charge is -2.31. The topological polar surface area (TPSA) is 130 Å². The third-order valence-electron chi connectivity index (χ3n) is 4.88. The molecule has 10 nitrogen and oxygen atoms in total. The molecule has 0 aromatic heterocycles. The van der Waals surface area contributed by atoms with E-state index in [0.29, 0.717) is 17.1 Å². The van der Waals surface area contributed by atoms with Gasteiger partial charge < -0.3 is 10.2 Å². The van der Waals surface area contributed by atoms with Crippen LogP contribution in [0.3, 0.4) is 0 Å². The lowest BCUT2D eigenvalue weighted by atomic mass is 10.1. The summed E-state index contributed by atoms with van der Waals surface area (Å²) < 4.78 is 25.7. The van der Waals surface area contributed by atoms with Crippen molar-refractivity contribution in [1.29, 1.82) is 0 Å². The molecular formula is C21H24Cl2N4O6S. The van der Waals surface area contributed by atoms with Crippen molar-refractivity contribution in [2.45, 2.75) is 26.4 Å². The lowest BCUT2D eigenvalue weighted by Crippen LogP contribution is -2.51. The van der Waals surface area contributed by atoms with Crippen LogP contribution in [0.5, 0.6) is 0 Å². The average Bonchev–Trinajstić information content (AvgIpc) is 2.75. The summed E-state index contributed by atoms with van der Waals surface area (Å²) in [5.41, 5.74) is 0.108. The van der Waals surface area contributed by atoms with Gasteiger partial charge in [0.25, 0.3) is 5.69 Å². The Balaban J connectivity index is 2.45. The molecule has 2 amide bonds. The van der Waals surface area contributed by atoms with E-state index in [4.69, 9.17) is 23.2 Å². The third-order valence-corrected chi connectivity index (χ3v) is 6.61. The predicted octanol–water partition coefficient (Wildman–Crippen LogP) is 3.22. The summed E-state index contributed by atoms with van der Waals surface area (Å²) in [7, 11) is -4.01. The van der Waals surface area contributed by atoms with E-state index >= 15 is 0 Å². The van der Waals surface area contributed by atoms with Gasteiger partial charge in [0.15, 0.2) is 0 Å². The first kappa shape index (κ1) is 27.4. The highest BCUT2D eigenvalue weighted by Crippen LogP contribution is 2.25. The molecule has 0 aliphatic rings. The van der Waals surface area contributed by atoms with Gasteiger partial charge in [-0.05, 0) is 37.6 Å². The number of nitrogens with zero attached hydrogens (tertiary/aromatic N) is 3. The van der Waals surface area contributed by atoms with Crippen molar-refractivity contribution in [3.63, 3.8) is 0 Å². The molecule has 0 bridgehead atoms. The summed E-state index contributed by atoms with van der Waals surface area (Å²) in [6, 6.07) is 8.63. The van der Waals surface area contributed by atoms with Crippen molar-refractivity contribution < 1.29 is 22.9 Å². The van der Waals surface area contributed by atoms with E-state index in [9.17, 15) is 28.1 Å². The first-order chi connectivity index (χ1) is 15.8. The zero-order valence-electron chi connectivity index (χ0n) is 18.7. The molecule has 1 atom stereocenters. The molecule has 13 heteroatoms. The summed E-state index contributed by atoms with van der Waals surface area (Å²) >= 11 is 12.2. The van der Waals surface area contributed by atoms with Gasteiger partial charge in [0.05, 0.1) is 16.9 Å². The highest BCUT2D eigenvalue weighted by molar-refractivity contribution is 7.92. The molecule has 2 aromatic rings. The fourth-order valence-electron chi connectivity index (χ4n) is 3.11. The van der Waals surface area contributed by atoms with Gasteiger partial charge in [-0.1, -0.05) is 35.3 Å². The zero-order valence-corrected chi connectivity index (χ0v) is 21.0. The minimum atomic E-state index is -4.01. The highest BCUT2D eigenvalue weighted by Gasteiger charge is 2.30. The molecule has 0 saturated heterocycles. The van der Waals surface area contributed by atoms with Crippen LogP contribution in [0, 0.1) is 10.1 Å². The molecule has 0 saturated carbocycles. The Morgan fingerprint density at radius 2 is 1.85 bits per heavy atom. The summed E-state index contributed by atoms with van der Waals surface area (Å²) in [6.07, 6.45) is 0.882. The number of carbonyl (C=O) groups excluding carboxylic acids is 2. The number of hydrogen-bond donors (Lipinski definition) is 1. The summed E-state index contributed by atoms with van der Waals surface area (Å²) in [6.45, 7) is 2.77. The van der Waals surface area contributed by atoms with Crippen molar-refractivity contribution in [1.82, 2.24) is 10.2 Å². The van der Waals surface area contributed by atoms with Crippen LogP contribution >= 0.6 is 23.2 Å². The Morgan fingerprint density at radius 3 is 2.41 bits per heavy atom. The number of nitro groups is 1. The second-order valence-electron chi connectivity index (χ2n) is 7.37. The fourth-order valence-corrected chi connectivity index (χ4v) is 4.42. The van der Waals surface area contributed by atoms with E-state index in [1.165, 1.54) is 36.1 Å². The maximum atomic E-state index is 13.4. The minimum Gasteiger partial charge on any atom is -0.355 e. The largest absolute Gasteiger partial charge is 0.355 e. The van der Waals surface area contributed by atoms with Gasteiger partial charge in [-0.3, -0.25) is 24.0 Å². The molecular weight excluding hydrogens is 507 g/mol. The molecule has 0 aliphatic carbocycles. The number of rotatable bonds is 10. The summed E-state index contributed by atoms with van der Waals surface area (Å²) in [5, 5.41) is 14.4. The highest BCUT2D eigenvalue weighted by atomic mass is 35.5. The number of nitro benzene ring substituents is 1. The molecule has 0 spiro atoms. The van der Waals surface area contributed by atoms with Gasteiger partial charge in [-0.25, -0.2) is 8.42 Å². The zero-order chi connectivity index (χ0) is 25.6.